The molecule has 0 atom stereocenters. The molecule has 0 bridgehead atoms. The van der Waals surface area contributed by atoms with Crippen LogP contribution in [0.25, 0.3) is 82.8 Å². The first-order valence-corrected chi connectivity index (χ1v) is 17.3. The minimum Gasteiger partial charge on any atom is -0.310 e. The van der Waals surface area contributed by atoms with Gasteiger partial charge in [0.25, 0.3) is 0 Å². The number of para-hydroxylation sites is 1. The maximum Gasteiger partial charge on any atom is 0.0652 e. The zero-order valence-corrected chi connectivity index (χ0v) is 29.9. The highest BCUT2D eigenvalue weighted by atomic mass is 15.1. The number of benzene rings is 10. The van der Waals surface area contributed by atoms with E-state index in [9.17, 15) is 23.3 Å². The second-order valence-electron chi connectivity index (χ2n) is 12.3. The lowest BCUT2D eigenvalue weighted by Gasteiger charge is -2.27. The van der Waals surface area contributed by atoms with Crippen molar-refractivity contribution in [1.82, 2.24) is 4.57 Å². The van der Waals surface area contributed by atoms with Crippen molar-refractivity contribution in [2.45, 2.75) is 0 Å². The average molecular weight is 805 g/mol. The minimum atomic E-state index is -1.50. The Labute approximate surface area is 406 Å². The number of anilines is 3. The van der Waals surface area contributed by atoms with Crippen LogP contribution in [0.1, 0.15) is 54.8 Å². The van der Waals surface area contributed by atoms with Gasteiger partial charge in [-0.1, -0.05) is 181 Å². The highest BCUT2D eigenvalue weighted by Gasteiger charge is 2.18. The zero-order valence-electron chi connectivity index (χ0n) is 69.9. The van der Waals surface area contributed by atoms with E-state index in [1.165, 1.54) is 0 Å². The summed E-state index contributed by atoms with van der Waals surface area (Å²) >= 11 is 0. The Balaban J connectivity index is 1.34. The fourth-order valence-corrected chi connectivity index (χ4v) is 6.26. The van der Waals surface area contributed by atoms with Crippen LogP contribution in [0.2, 0.25) is 0 Å². The molecule has 0 fully saturated rings. The summed E-state index contributed by atoms with van der Waals surface area (Å²) < 4.78 is 365. The molecular weight excluding hydrogens is 725 g/mol. The number of fused-ring (bicyclic) bond motifs is 4. The summed E-state index contributed by atoms with van der Waals surface area (Å²) in [7, 11) is 0. The van der Waals surface area contributed by atoms with Crippen molar-refractivity contribution in [3.05, 3.63) is 242 Å². The Kier molecular flexibility index (Phi) is 3.28. The predicted molar refractivity (Wildman–Crippen MR) is 255 cm³/mol. The SMILES string of the molecule is [2H]c1c([2H])c([2H])c(-c2c([2H])c([2H])c(N(c3c([2H])c([2H])c(-c4c([2H])c([2H])c5c(c4[2H])c4c([2H])c([2H])c([2H])c([2H])c4n5-c4c([2H])c([2H])c([2H])c5c([2H])c([2H])c([2H])c([2H])c45)c([2H])c3[2H])c3c([2H])c([2H])c(-c4c([2H])c([2H])c([2H])c([2H])c4[2H])c(-c4c([2H])c([2H])c([2H])c([2H])c4[2H])c3[2H])c([2H])c2[2H])c([2H])c1[2H]. The molecule has 11 aromatic rings. The summed E-state index contributed by atoms with van der Waals surface area (Å²) in [6.45, 7) is 0. The molecule has 0 aliphatic carbocycles. The van der Waals surface area contributed by atoms with E-state index >= 15 is 0 Å². The van der Waals surface area contributed by atoms with Crippen LogP contribution in [0.4, 0.5) is 17.1 Å². The summed E-state index contributed by atoms with van der Waals surface area (Å²) in [5.74, 6) is 0. The first kappa shape index (κ1) is 13.0. The number of aromatic nitrogens is 1. The lowest BCUT2D eigenvalue weighted by molar-refractivity contribution is 1.20. The minimum absolute atomic E-state index is 0.150. The molecule has 2 heteroatoms. The van der Waals surface area contributed by atoms with E-state index in [-0.39, 0.29) is 4.90 Å². The monoisotopic (exact) mass is 805 g/mol. The fraction of sp³-hybridized carbons (Fsp3) is 0. The van der Waals surface area contributed by atoms with E-state index in [2.05, 4.69) is 0 Å². The second-order valence-corrected chi connectivity index (χ2v) is 12.3. The van der Waals surface area contributed by atoms with Crippen molar-refractivity contribution in [1.29, 1.82) is 0 Å². The Morgan fingerprint density at radius 2 is 0.783 bits per heavy atom. The number of hydrogen-bond acceptors (Lipinski definition) is 1. The number of hydrogen-bond donors (Lipinski definition) is 0. The lowest BCUT2D eigenvalue weighted by atomic mass is 9.93. The molecule has 0 aliphatic heterocycles. The predicted octanol–water partition coefficient (Wildman–Crippen LogP) is 16.1. The molecule has 0 unspecified atom stereocenters. The van der Waals surface area contributed by atoms with Crippen LogP contribution in [0.5, 0.6) is 0 Å². The lowest BCUT2D eigenvalue weighted by Crippen LogP contribution is -2.10. The van der Waals surface area contributed by atoms with Gasteiger partial charge in [0.05, 0.1) is 71.6 Å². The molecular formula is C58H40N2. The molecule has 2 nitrogen and oxygen atoms in total. The van der Waals surface area contributed by atoms with Crippen molar-refractivity contribution in [2.75, 3.05) is 4.90 Å². The quantitative estimate of drug-likeness (QED) is 0.149. The molecule has 282 valence electrons. The van der Waals surface area contributed by atoms with Gasteiger partial charge in [-0.3, -0.25) is 0 Å². The molecule has 0 spiro atoms. The Morgan fingerprint density at radius 1 is 0.300 bits per heavy atom. The largest absolute Gasteiger partial charge is 0.310 e. The Bertz CT molecular complexity index is 5530. The highest BCUT2D eigenvalue weighted by molar-refractivity contribution is 6.11. The van der Waals surface area contributed by atoms with Crippen LogP contribution in [-0.2, 0) is 0 Å². The summed E-state index contributed by atoms with van der Waals surface area (Å²) in [5, 5.41) is -2.91. The standard InChI is InChI=1S/C58H40N2/c1-4-15-41(16-5-1)42-27-32-48(33-28-42)59(50-36-37-51(44-17-6-2-7-18-44)54(40-50)46-19-8-3-9-20-46)49-34-29-43(30-35-49)47-31-38-58-55(39-47)53-24-12-13-25-57(53)60(58)56-26-14-22-45-21-10-11-23-52(45)56/h1-40H/i1D,2D,3D,4D,5D,6D,7D,8D,9D,10D,11D,12D,13D,14D,15D,16D,17D,18D,19D,20D,21D,22D,23D,24D,25D,26D,27D,28D,29D,30D,31D,32D,33D,34D,35D,36D,37D,38D,39D,40D. The van der Waals surface area contributed by atoms with Gasteiger partial charge in [0.1, 0.15) is 0 Å². The molecule has 0 saturated heterocycles. The average Bonchev–Trinajstić information content (AvgIpc) is 1.45. The van der Waals surface area contributed by atoms with Crippen molar-refractivity contribution in [3.8, 4) is 50.2 Å². The third kappa shape index (κ3) is 6.32. The molecule has 1 heterocycles. The highest BCUT2D eigenvalue weighted by Crippen LogP contribution is 2.42. The van der Waals surface area contributed by atoms with E-state index in [0.29, 0.717) is 4.57 Å². The zero-order chi connectivity index (χ0) is 74.6. The van der Waals surface area contributed by atoms with Gasteiger partial charge in [-0.25, -0.2) is 0 Å². The van der Waals surface area contributed by atoms with E-state index in [4.69, 9.17) is 31.5 Å². The Morgan fingerprint density at radius 3 is 1.47 bits per heavy atom. The maximum atomic E-state index is 10.2. The van der Waals surface area contributed by atoms with Crippen LogP contribution in [-0.4, -0.2) is 4.57 Å². The Hall–Kier alpha value is -7.94. The van der Waals surface area contributed by atoms with Crippen molar-refractivity contribution >= 4 is 49.6 Å². The molecule has 0 radical (unpaired) electrons. The molecule has 10 aromatic carbocycles. The molecule has 1 aromatic heterocycles. The van der Waals surface area contributed by atoms with Crippen LogP contribution in [0.15, 0.2) is 242 Å². The molecule has 0 saturated carbocycles. The third-order valence-corrected chi connectivity index (χ3v) is 8.87. The van der Waals surface area contributed by atoms with Crippen molar-refractivity contribution < 1.29 is 54.8 Å². The smallest absolute Gasteiger partial charge is 0.0652 e. The maximum absolute atomic E-state index is 10.2. The number of nitrogens with zero attached hydrogens (tertiary/aromatic N) is 2. The van der Waals surface area contributed by atoms with Crippen LogP contribution in [0.3, 0.4) is 0 Å². The van der Waals surface area contributed by atoms with E-state index in [1.807, 2.05) is 0 Å². The van der Waals surface area contributed by atoms with Crippen LogP contribution in [0, 0.1) is 0 Å². The van der Waals surface area contributed by atoms with Crippen LogP contribution >= 0.6 is 0 Å². The van der Waals surface area contributed by atoms with Crippen molar-refractivity contribution in [3.63, 3.8) is 0 Å². The molecule has 60 heavy (non-hydrogen) atoms. The van der Waals surface area contributed by atoms with Gasteiger partial charge < -0.3 is 9.47 Å². The fourth-order valence-electron chi connectivity index (χ4n) is 6.26. The molecule has 0 aliphatic rings. The van der Waals surface area contributed by atoms with Gasteiger partial charge in [0.2, 0.25) is 0 Å². The first-order valence-electron chi connectivity index (χ1n) is 37.3. The van der Waals surface area contributed by atoms with Crippen molar-refractivity contribution in [2.24, 2.45) is 0 Å². The molecule has 0 N–H and O–H groups in total. The van der Waals surface area contributed by atoms with E-state index < -0.39 is 342 Å². The summed E-state index contributed by atoms with van der Waals surface area (Å²) in [5.41, 5.74) is -15.1. The van der Waals surface area contributed by atoms with Gasteiger partial charge >= 0.3 is 0 Å². The van der Waals surface area contributed by atoms with Gasteiger partial charge in [-0.2, -0.15) is 0 Å². The van der Waals surface area contributed by atoms with Gasteiger partial charge in [-0.05, 0) is 110 Å². The van der Waals surface area contributed by atoms with E-state index in [1.54, 1.807) is 0 Å². The summed E-state index contributed by atoms with van der Waals surface area (Å²) in [4.78, 5) is 0.150. The normalized spacial score (nSPS) is 20.7. The third-order valence-electron chi connectivity index (χ3n) is 8.87. The van der Waals surface area contributed by atoms with Gasteiger partial charge in [-0.15, -0.1) is 0 Å². The van der Waals surface area contributed by atoms with Gasteiger partial charge in [0, 0.05) is 33.2 Å². The number of rotatable bonds is 8. The summed E-state index contributed by atoms with van der Waals surface area (Å²) in [6, 6.07) is -46.6. The second kappa shape index (κ2) is 15.1. The van der Waals surface area contributed by atoms with Gasteiger partial charge in [0.15, 0.2) is 0 Å². The van der Waals surface area contributed by atoms with E-state index in [0.717, 1.165) is 0 Å². The molecule has 0 amide bonds. The summed E-state index contributed by atoms with van der Waals surface area (Å²) in [6.07, 6.45) is 0. The topological polar surface area (TPSA) is 8.17 Å². The van der Waals surface area contributed by atoms with Crippen LogP contribution < -0.4 is 4.90 Å². The first-order chi connectivity index (χ1) is 46.4. The molecule has 11 rings (SSSR count).